The van der Waals surface area contributed by atoms with E-state index in [1.165, 1.54) is 88.7 Å². The molecule has 0 aliphatic heterocycles. The van der Waals surface area contributed by atoms with E-state index >= 15 is 0 Å². The second kappa shape index (κ2) is 11.6. The summed E-state index contributed by atoms with van der Waals surface area (Å²) >= 11 is 0. The van der Waals surface area contributed by atoms with Crippen LogP contribution in [0, 0.1) is 0 Å². The van der Waals surface area contributed by atoms with Gasteiger partial charge in [-0.2, -0.15) is 0 Å². The van der Waals surface area contributed by atoms with Gasteiger partial charge in [0.25, 0.3) is 0 Å². The highest BCUT2D eigenvalue weighted by Gasteiger charge is 2.20. The van der Waals surface area contributed by atoms with Crippen LogP contribution in [-0.4, -0.2) is 9.13 Å². The summed E-state index contributed by atoms with van der Waals surface area (Å²) in [7, 11) is 0. The van der Waals surface area contributed by atoms with Crippen molar-refractivity contribution in [1.82, 2.24) is 9.13 Å². The molecule has 236 valence electrons. The summed E-state index contributed by atoms with van der Waals surface area (Å²) < 4.78 is 4.91. The lowest BCUT2D eigenvalue weighted by Gasteiger charge is -2.14. The molecular formula is C48H34N2. The van der Waals surface area contributed by atoms with Crippen LogP contribution in [0.1, 0.15) is 17.7 Å². The standard InChI is InChI=1S/C48H34N2/c1-3-12-33(13-4-1)35-22-26-39(27-23-35)49-46-21-10-8-19-42(46)44-31-37(25-29-47(44)49)38-24-28-43-41-18-7-9-20-45(41)50(48(43)32-38)40-17-11-16-36(30-40)34-14-5-2-6-15-34/h1-9,11-20,22-32H,10,21H2. The molecule has 2 nitrogen and oxygen atoms in total. The van der Waals surface area contributed by atoms with Crippen molar-refractivity contribution in [3.05, 3.63) is 187 Å². The minimum Gasteiger partial charge on any atom is -0.313 e. The maximum atomic E-state index is 2.48. The summed E-state index contributed by atoms with van der Waals surface area (Å²) in [5.74, 6) is 0. The Hall–Kier alpha value is -6.38. The van der Waals surface area contributed by atoms with Gasteiger partial charge in [-0.15, -0.1) is 0 Å². The maximum Gasteiger partial charge on any atom is 0.0547 e. The van der Waals surface area contributed by atoms with Crippen molar-refractivity contribution < 1.29 is 0 Å². The third-order valence-electron chi connectivity index (χ3n) is 10.4. The second-order valence-electron chi connectivity index (χ2n) is 13.3. The van der Waals surface area contributed by atoms with Gasteiger partial charge in [0.05, 0.1) is 16.6 Å². The fraction of sp³-hybridized carbons (Fsp3) is 0.0417. The molecule has 0 saturated heterocycles. The molecule has 2 heteroatoms. The van der Waals surface area contributed by atoms with E-state index in [0.717, 1.165) is 12.8 Å². The van der Waals surface area contributed by atoms with Crippen LogP contribution in [0.25, 0.3) is 83.5 Å². The molecule has 7 aromatic carbocycles. The fourth-order valence-electron chi connectivity index (χ4n) is 8.01. The van der Waals surface area contributed by atoms with E-state index in [1.54, 1.807) is 0 Å². The molecule has 2 heterocycles. The largest absolute Gasteiger partial charge is 0.313 e. The summed E-state index contributed by atoms with van der Waals surface area (Å²) in [6.07, 6.45) is 6.75. The molecule has 0 spiro atoms. The lowest BCUT2D eigenvalue weighted by molar-refractivity contribution is 0.888. The smallest absolute Gasteiger partial charge is 0.0547 e. The van der Waals surface area contributed by atoms with E-state index in [-0.39, 0.29) is 0 Å². The first-order valence-electron chi connectivity index (χ1n) is 17.5. The highest BCUT2D eigenvalue weighted by molar-refractivity contribution is 6.10. The fourth-order valence-corrected chi connectivity index (χ4v) is 8.01. The van der Waals surface area contributed by atoms with Crippen molar-refractivity contribution in [2.24, 2.45) is 0 Å². The van der Waals surface area contributed by atoms with E-state index in [4.69, 9.17) is 0 Å². The van der Waals surface area contributed by atoms with Gasteiger partial charge in [0, 0.05) is 38.8 Å². The molecule has 1 aliphatic rings. The van der Waals surface area contributed by atoms with Crippen LogP contribution in [-0.2, 0) is 6.42 Å². The third-order valence-corrected chi connectivity index (χ3v) is 10.4. The molecule has 50 heavy (non-hydrogen) atoms. The zero-order valence-corrected chi connectivity index (χ0v) is 27.6. The predicted molar refractivity (Wildman–Crippen MR) is 211 cm³/mol. The average molecular weight is 639 g/mol. The van der Waals surface area contributed by atoms with Crippen LogP contribution in [0.4, 0.5) is 0 Å². The zero-order valence-electron chi connectivity index (χ0n) is 27.6. The lowest BCUT2D eigenvalue weighted by Crippen LogP contribution is -2.02. The molecule has 10 rings (SSSR count). The monoisotopic (exact) mass is 638 g/mol. The summed E-state index contributed by atoms with van der Waals surface area (Å²) in [6.45, 7) is 0. The van der Waals surface area contributed by atoms with Crippen molar-refractivity contribution in [1.29, 1.82) is 0 Å². The molecule has 0 radical (unpaired) electrons. The Labute approximate surface area is 291 Å². The van der Waals surface area contributed by atoms with Crippen LogP contribution in [0.5, 0.6) is 0 Å². The Kier molecular flexibility index (Phi) is 6.67. The van der Waals surface area contributed by atoms with Crippen LogP contribution in [0.15, 0.2) is 176 Å². The average Bonchev–Trinajstić information content (AvgIpc) is 3.71. The molecule has 0 amide bonds. The van der Waals surface area contributed by atoms with E-state index in [0.29, 0.717) is 0 Å². The topological polar surface area (TPSA) is 9.86 Å². The highest BCUT2D eigenvalue weighted by atomic mass is 15.0. The highest BCUT2D eigenvalue weighted by Crippen LogP contribution is 2.39. The number of rotatable bonds is 5. The summed E-state index contributed by atoms with van der Waals surface area (Å²) in [6, 6.07) is 62.0. The van der Waals surface area contributed by atoms with Gasteiger partial charge in [0.1, 0.15) is 0 Å². The quantitative estimate of drug-likeness (QED) is 0.178. The molecule has 9 aromatic rings. The molecular weight excluding hydrogens is 605 g/mol. The molecule has 0 saturated carbocycles. The third kappa shape index (κ3) is 4.64. The molecule has 0 unspecified atom stereocenters. The number of fused-ring (bicyclic) bond motifs is 6. The maximum absolute atomic E-state index is 2.48. The van der Waals surface area contributed by atoms with Crippen LogP contribution in [0.2, 0.25) is 0 Å². The van der Waals surface area contributed by atoms with Gasteiger partial charge in [0.15, 0.2) is 0 Å². The van der Waals surface area contributed by atoms with Crippen LogP contribution >= 0.6 is 0 Å². The number of benzene rings is 7. The van der Waals surface area contributed by atoms with Gasteiger partial charge in [0.2, 0.25) is 0 Å². The van der Waals surface area contributed by atoms with E-state index in [9.17, 15) is 0 Å². The van der Waals surface area contributed by atoms with Crippen molar-refractivity contribution in [3.8, 4) is 44.8 Å². The SMILES string of the molecule is C1=Cc2c(n(-c3ccc(-c4ccccc4)cc3)c3ccc(-c4ccc5c6ccccc6n(-c6cccc(-c7ccccc7)c6)c5c4)cc23)CC1. The summed E-state index contributed by atoms with van der Waals surface area (Å²) in [5.41, 5.74) is 16.2. The van der Waals surface area contributed by atoms with Gasteiger partial charge in [-0.3, -0.25) is 0 Å². The van der Waals surface area contributed by atoms with Gasteiger partial charge >= 0.3 is 0 Å². The lowest BCUT2D eigenvalue weighted by atomic mass is 9.98. The van der Waals surface area contributed by atoms with Crippen molar-refractivity contribution >= 4 is 38.8 Å². The number of para-hydroxylation sites is 1. The number of hydrogen-bond donors (Lipinski definition) is 0. The van der Waals surface area contributed by atoms with E-state index in [1.807, 2.05) is 0 Å². The van der Waals surface area contributed by atoms with Gasteiger partial charge in [-0.1, -0.05) is 133 Å². The second-order valence-corrected chi connectivity index (χ2v) is 13.3. The minimum absolute atomic E-state index is 1.03. The Morgan fingerprint density at radius 2 is 0.960 bits per heavy atom. The molecule has 1 aliphatic carbocycles. The van der Waals surface area contributed by atoms with E-state index in [2.05, 4.69) is 191 Å². The van der Waals surface area contributed by atoms with Gasteiger partial charge < -0.3 is 9.13 Å². The van der Waals surface area contributed by atoms with Gasteiger partial charge in [-0.05, 0) is 94.8 Å². The number of nitrogens with zero attached hydrogens (tertiary/aromatic N) is 2. The Morgan fingerprint density at radius 3 is 1.78 bits per heavy atom. The number of allylic oxidation sites excluding steroid dienone is 1. The molecule has 0 bridgehead atoms. The van der Waals surface area contributed by atoms with Crippen molar-refractivity contribution in [2.45, 2.75) is 12.8 Å². The van der Waals surface area contributed by atoms with Crippen molar-refractivity contribution in [3.63, 3.8) is 0 Å². The molecule has 0 fully saturated rings. The van der Waals surface area contributed by atoms with E-state index < -0.39 is 0 Å². The first-order chi connectivity index (χ1) is 24.8. The Morgan fingerprint density at radius 1 is 0.360 bits per heavy atom. The predicted octanol–water partition coefficient (Wildman–Crippen LogP) is 12.7. The van der Waals surface area contributed by atoms with Gasteiger partial charge in [-0.25, -0.2) is 0 Å². The van der Waals surface area contributed by atoms with Crippen LogP contribution < -0.4 is 0 Å². The number of hydrogen-bond acceptors (Lipinski definition) is 0. The Bertz CT molecular complexity index is 2730. The molecule has 2 aromatic heterocycles. The Balaban J connectivity index is 1.11. The summed E-state index contributed by atoms with van der Waals surface area (Å²) in [4.78, 5) is 0. The minimum atomic E-state index is 1.03. The first kappa shape index (κ1) is 28.6. The number of aromatic nitrogens is 2. The first-order valence-corrected chi connectivity index (χ1v) is 17.5. The van der Waals surface area contributed by atoms with Crippen molar-refractivity contribution in [2.75, 3.05) is 0 Å². The summed E-state index contributed by atoms with van der Waals surface area (Å²) in [5, 5.41) is 3.84. The zero-order chi connectivity index (χ0) is 33.0. The molecule has 0 atom stereocenters. The van der Waals surface area contributed by atoms with Crippen LogP contribution in [0.3, 0.4) is 0 Å². The molecule has 0 N–H and O–H groups in total. The normalized spacial score (nSPS) is 12.6.